The molecule has 1 amide bonds. The monoisotopic (exact) mass is 468 g/mol. The molecule has 0 fully saturated rings. The van der Waals surface area contributed by atoms with Crippen molar-refractivity contribution in [2.45, 2.75) is 57.7 Å². The van der Waals surface area contributed by atoms with Gasteiger partial charge in [0, 0.05) is 0 Å². The lowest BCUT2D eigenvalue weighted by Gasteiger charge is -2.32. The van der Waals surface area contributed by atoms with Crippen molar-refractivity contribution < 1.29 is 29.3 Å². The summed E-state index contributed by atoms with van der Waals surface area (Å²) in [6, 6.07) is 12.7. The van der Waals surface area contributed by atoms with E-state index in [1.165, 1.54) is 4.90 Å². The minimum Gasteiger partial charge on any atom is -0.508 e. The minimum atomic E-state index is -1.11. The Balaban J connectivity index is 1.75. The van der Waals surface area contributed by atoms with Crippen LogP contribution in [0.4, 0.5) is 0 Å². The Bertz CT molecular complexity index is 1010. The van der Waals surface area contributed by atoms with E-state index in [4.69, 9.17) is 4.74 Å². The Kier molecular flexibility index (Phi) is 8.65. The zero-order chi connectivity index (χ0) is 24.7. The molecule has 0 radical (unpaired) electrons. The molecule has 3 rings (SSSR count). The van der Waals surface area contributed by atoms with E-state index in [1.807, 2.05) is 30.3 Å². The molecule has 0 bridgehead atoms. The van der Waals surface area contributed by atoms with Crippen LogP contribution in [0.5, 0.6) is 5.75 Å². The number of hydrogen-bond donors (Lipinski definition) is 3. The zero-order valence-corrected chi connectivity index (χ0v) is 19.6. The van der Waals surface area contributed by atoms with Crippen molar-refractivity contribution in [3.63, 3.8) is 0 Å². The van der Waals surface area contributed by atoms with Crippen LogP contribution in [0.1, 0.15) is 49.4 Å². The average molecular weight is 469 g/mol. The van der Waals surface area contributed by atoms with Crippen LogP contribution in [0, 0.1) is 0 Å². The van der Waals surface area contributed by atoms with Gasteiger partial charge in [0.25, 0.3) is 0 Å². The summed E-state index contributed by atoms with van der Waals surface area (Å²) in [7, 11) is 0. The van der Waals surface area contributed by atoms with E-state index in [-0.39, 0.29) is 12.4 Å². The highest BCUT2D eigenvalue weighted by Crippen LogP contribution is 2.37. The number of benzene rings is 2. The summed E-state index contributed by atoms with van der Waals surface area (Å²) in [4.78, 5) is 39.0. The van der Waals surface area contributed by atoms with Crippen LogP contribution in [0.2, 0.25) is 0 Å². The van der Waals surface area contributed by atoms with E-state index in [0.717, 1.165) is 16.7 Å². The normalized spacial score (nSPS) is 16.4. The lowest BCUT2D eigenvalue weighted by atomic mass is 10.0. The molecule has 1 aliphatic carbocycles. The smallest absolute Gasteiger partial charge is 0.323 e. The standard InChI is InChI=1S/C26H32N2O6/c1-3-34-26(33)22(13-9-18-7-5-4-6-8-18)27-17(2)25(32)28(16-24(30)31)23-14-10-19-15-20(29)11-12-21(19)23/h4-8,11-12,15,17,22-23,27,29H,3,9-10,13-14,16H2,1-2H3,(H,30,31)/t17-,22?,23?/m0/s1. The zero-order valence-electron chi connectivity index (χ0n) is 19.6. The molecule has 3 atom stereocenters. The van der Waals surface area contributed by atoms with Gasteiger partial charge >= 0.3 is 11.9 Å². The van der Waals surface area contributed by atoms with Crippen molar-refractivity contribution in [2.75, 3.05) is 13.2 Å². The van der Waals surface area contributed by atoms with E-state index in [2.05, 4.69) is 5.32 Å². The van der Waals surface area contributed by atoms with Crippen LogP contribution in [0.3, 0.4) is 0 Å². The third kappa shape index (κ3) is 6.35. The van der Waals surface area contributed by atoms with Gasteiger partial charge in [0.05, 0.1) is 18.7 Å². The molecule has 2 aromatic rings. The van der Waals surface area contributed by atoms with E-state index in [0.29, 0.717) is 25.7 Å². The Labute approximate surface area is 199 Å². The quantitative estimate of drug-likeness (QED) is 0.434. The number of phenolic OH excluding ortho intramolecular Hbond substituents is 1. The highest BCUT2D eigenvalue weighted by Gasteiger charge is 2.35. The Morgan fingerprint density at radius 1 is 1.18 bits per heavy atom. The van der Waals surface area contributed by atoms with Crippen LogP contribution >= 0.6 is 0 Å². The number of aliphatic carboxylic acids is 1. The number of carbonyl (C=O) groups excluding carboxylic acids is 2. The Morgan fingerprint density at radius 3 is 2.59 bits per heavy atom. The van der Waals surface area contributed by atoms with Crippen molar-refractivity contribution in [2.24, 2.45) is 0 Å². The topological polar surface area (TPSA) is 116 Å². The van der Waals surface area contributed by atoms with E-state index < -0.39 is 42.5 Å². The molecule has 2 aromatic carbocycles. The van der Waals surface area contributed by atoms with Crippen LogP contribution < -0.4 is 5.32 Å². The number of amides is 1. The lowest BCUT2D eigenvalue weighted by Crippen LogP contribution is -2.52. The molecule has 0 aliphatic heterocycles. The van der Waals surface area contributed by atoms with Gasteiger partial charge in [-0.2, -0.15) is 0 Å². The number of fused-ring (bicyclic) bond motifs is 1. The van der Waals surface area contributed by atoms with Crippen LogP contribution in [0.25, 0.3) is 0 Å². The molecule has 8 nitrogen and oxygen atoms in total. The number of carbonyl (C=O) groups is 3. The predicted octanol–water partition coefficient (Wildman–Crippen LogP) is 2.84. The molecule has 0 saturated heterocycles. The molecule has 0 saturated carbocycles. The SMILES string of the molecule is CCOC(=O)C(CCc1ccccc1)N[C@@H](C)C(=O)N(CC(=O)O)C1CCc2cc(O)ccc21. The third-order valence-corrected chi connectivity index (χ3v) is 6.09. The number of carboxylic acid groups (broad SMARTS) is 1. The number of ether oxygens (including phenoxy) is 1. The second-order valence-electron chi connectivity index (χ2n) is 8.51. The largest absolute Gasteiger partial charge is 0.508 e. The summed E-state index contributed by atoms with van der Waals surface area (Å²) in [6.07, 6.45) is 2.27. The molecule has 8 heteroatoms. The average Bonchev–Trinajstić information content (AvgIpc) is 3.23. The van der Waals surface area contributed by atoms with Gasteiger partial charge in [-0.1, -0.05) is 36.4 Å². The molecule has 0 heterocycles. The van der Waals surface area contributed by atoms with E-state index in [9.17, 15) is 24.6 Å². The summed E-state index contributed by atoms with van der Waals surface area (Å²) in [5.74, 6) is -1.81. The highest BCUT2D eigenvalue weighted by molar-refractivity contribution is 5.86. The number of hydrogen-bond acceptors (Lipinski definition) is 6. The molecular formula is C26H32N2O6. The van der Waals surface area contributed by atoms with Crippen molar-refractivity contribution in [3.8, 4) is 5.75 Å². The maximum absolute atomic E-state index is 13.4. The first-order valence-electron chi connectivity index (χ1n) is 11.6. The number of carboxylic acids is 1. The van der Waals surface area contributed by atoms with Gasteiger partial charge in [0.2, 0.25) is 5.91 Å². The van der Waals surface area contributed by atoms with Gasteiger partial charge in [-0.05, 0) is 68.4 Å². The number of rotatable bonds is 11. The first-order chi connectivity index (χ1) is 16.3. The summed E-state index contributed by atoms with van der Waals surface area (Å²) in [6.45, 7) is 3.13. The molecule has 1 aliphatic rings. The van der Waals surface area contributed by atoms with Crippen LogP contribution in [-0.2, 0) is 32.0 Å². The summed E-state index contributed by atoms with van der Waals surface area (Å²) >= 11 is 0. The number of esters is 1. The third-order valence-electron chi connectivity index (χ3n) is 6.09. The number of phenols is 1. The fourth-order valence-electron chi connectivity index (χ4n) is 4.48. The molecule has 3 N–H and O–H groups in total. The molecule has 0 aromatic heterocycles. The van der Waals surface area contributed by atoms with Gasteiger partial charge in [-0.3, -0.25) is 19.7 Å². The number of aryl methyl sites for hydroxylation is 2. The first kappa shape index (κ1) is 25.2. The number of aromatic hydroxyl groups is 1. The second kappa shape index (κ2) is 11.7. The second-order valence-corrected chi connectivity index (χ2v) is 8.51. The van der Waals surface area contributed by atoms with Crippen molar-refractivity contribution >= 4 is 17.8 Å². The Hall–Kier alpha value is -3.39. The summed E-state index contributed by atoms with van der Waals surface area (Å²) < 4.78 is 5.21. The maximum Gasteiger partial charge on any atom is 0.323 e. The van der Waals surface area contributed by atoms with Gasteiger partial charge in [0.1, 0.15) is 18.3 Å². The van der Waals surface area contributed by atoms with Crippen molar-refractivity contribution in [1.29, 1.82) is 0 Å². The minimum absolute atomic E-state index is 0.140. The molecule has 182 valence electrons. The van der Waals surface area contributed by atoms with Crippen molar-refractivity contribution in [1.82, 2.24) is 10.2 Å². The molecule has 0 spiro atoms. The van der Waals surface area contributed by atoms with Crippen LogP contribution in [-0.4, -0.2) is 58.2 Å². The fraction of sp³-hybridized carbons (Fsp3) is 0.423. The van der Waals surface area contributed by atoms with Gasteiger partial charge < -0.3 is 19.8 Å². The summed E-state index contributed by atoms with van der Waals surface area (Å²) in [5.41, 5.74) is 2.81. The first-order valence-corrected chi connectivity index (χ1v) is 11.6. The number of nitrogens with one attached hydrogen (secondary N) is 1. The molecule has 2 unspecified atom stereocenters. The molecular weight excluding hydrogens is 436 g/mol. The van der Waals surface area contributed by atoms with Crippen LogP contribution in [0.15, 0.2) is 48.5 Å². The van der Waals surface area contributed by atoms with E-state index in [1.54, 1.807) is 32.0 Å². The maximum atomic E-state index is 13.4. The van der Waals surface area contributed by atoms with Crippen molar-refractivity contribution in [3.05, 3.63) is 65.2 Å². The Morgan fingerprint density at radius 2 is 1.91 bits per heavy atom. The van der Waals surface area contributed by atoms with Gasteiger partial charge in [0.15, 0.2) is 0 Å². The highest BCUT2D eigenvalue weighted by atomic mass is 16.5. The molecule has 34 heavy (non-hydrogen) atoms. The summed E-state index contributed by atoms with van der Waals surface area (Å²) in [5, 5.41) is 22.3. The predicted molar refractivity (Wildman–Crippen MR) is 126 cm³/mol. The van der Waals surface area contributed by atoms with E-state index >= 15 is 0 Å². The van der Waals surface area contributed by atoms with Gasteiger partial charge in [-0.15, -0.1) is 0 Å². The van der Waals surface area contributed by atoms with Gasteiger partial charge in [-0.25, -0.2) is 0 Å². The lowest BCUT2D eigenvalue weighted by molar-refractivity contribution is -0.149. The fourth-order valence-corrected chi connectivity index (χ4v) is 4.48. The number of nitrogens with zero attached hydrogens (tertiary/aromatic N) is 1.